The first-order valence-corrected chi connectivity index (χ1v) is 10.6. The van der Waals surface area contributed by atoms with Crippen LogP contribution >= 0.6 is 11.3 Å². The monoisotopic (exact) mass is 370 g/mol. The molecule has 2 aromatic rings. The van der Waals surface area contributed by atoms with E-state index in [9.17, 15) is 4.79 Å². The smallest absolute Gasteiger partial charge is 0.257 e. The molecule has 2 aliphatic rings. The van der Waals surface area contributed by atoms with Gasteiger partial charge in [0.1, 0.15) is 5.75 Å². The number of aromatic nitrogens is 1. The summed E-state index contributed by atoms with van der Waals surface area (Å²) in [6.07, 6.45) is 10.3. The summed E-state index contributed by atoms with van der Waals surface area (Å²) in [6, 6.07) is 6.19. The molecule has 1 aromatic carbocycles. The molecule has 1 aromatic heterocycles. The summed E-state index contributed by atoms with van der Waals surface area (Å²) in [6.45, 7) is 0.765. The second-order valence-electron chi connectivity index (χ2n) is 7.21. The van der Waals surface area contributed by atoms with E-state index in [2.05, 4.69) is 17.4 Å². The van der Waals surface area contributed by atoms with Gasteiger partial charge in [-0.25, -0.2) is 4.98 Å². The zero-order chi connectivity index (χ0) is 17.8. The Kier molecular flexibility index (Phi) is 5.54. The summed E-state index contributed by atoms with van der Waals surface area (Å²) < 4.78 is 5.64. The van der Waals surface area contributed by atoms with E-state index in [1.807, 2.05) is 17.4 Å². The van der Waals surface area contributed by atoms with Crippen molar-refractivity contribution in [1.82, 2.24) is 10.3 Å². The first kappa shape index (κ1) is 17.5. The molecule has 138 valence electrons. The number of thiazole rings is 1. The average molecular weight is 371 g/mol. The van der Waals surface area contributed by atoms with Gasteiger partial charge in [0, 0.05) is 17.8 Å². The fourth-order valence-electron chi connectivity index (χ4n) is 3.82. The van der Waals surface area contributed by atoms with Crippen molar-refractivity contribution in [3.63, 3.8) is 0 Å². The van der Waals surface area contributed by atoms with Crippen LogP contribution in [0.15, 0.2) is 18.2 Å². The van der Waals surface area contributed by atoms with Gasteiger partial charge in [-0.15, -0.1) is 11.3 Å². The molecule has 4 rings (SSSR count). The molecule has 5 heteroatoms. The Morgan fingerprint density at radius 2 is 2.00 bits per heavy atom. The zero-order valence-electron chi connectivity index (χ0n) is 15.2. The molecule has 1 N–H and O–H groups in total. The molecule has 1 amide bonds. The topological polar surface area (TPSA) is 51.2 Å². The van der Waals surface area contributed by atoms with Crippen molar-refractivity contribution in [1.29, 1.82) is 0 Å². The highest BCUT2D eigenvalue weighted by Gasteiger charge is 2.15. The maximum Gasteiger partial charge on any atom is 0.257 e. The Labute approximate surface area is 159 Å². The lowest BCUT2D eigenvalue weighted by Gasteiger charge is -2.08. The van der Waals surface area contributed by atoms with Crippen LogP contribution in [-0.4, -0.2) is 24.0 Å². The molecule has 0 saturated heterocycles. The van der Waals surface area contributed by atoms with Crippen LogP contribution in [0.5, 0.6) is 5.75 Å². The van der Waals surface area contributed by atoms with Gasteiger partial charge in [0.05, 0.1) is 10.7 Å². The fraction of sp³-hybridized carbons (Fsp3) is 0.524. The van der Waals surface area contributed by atoms with Crippen LogP contribution in [0.3, 0.4) is 0 Å². The summed E-state index contributed by atoms with van der Waals surface area (Å²) in [5, 5.41) is 4.17. The quantitative estimate of drug-likeness (QED) is 0.757. The molecule has 2 aliphatic carbocycles. The second kappa shape index (κ2) is 8.21. The lowest BCUT2D eigenvalue weighted by atomic mass is 10.0. The Hall–Kier alpha value is -1.88. The van der Waals surface area contributed by atoms with Gasteiger partial charge < -0.3 is 10.1 Å². The van der Waals surface area contributed by atoms with Crippen molar-refractivity contribution in [2.75, 3.05) is 13.2 Å². The standard InChI is InChI=1S/C21H26N2O2S/c24-20(14-25-17-11-10-15-5-3-6-16(15)13-17)22-12-4-9-21-23-18-7-1-2-8-19(18)26-21/h10-11,13H,1-9,12,14H2,(H,22,24). The number of amides is 1. The lowest BCUT2D eigenvalue weighted by Crippen LogP contribution is -2.29. The van der Waals surface area contributed by atoms with E-state index in [1.165, 1.54) is 52.4 Å². The highest BCUT2D eigenvalue weighted by molar-refractivity contribution is 7.11. The number of hydrogen-bond donors (Lipinski definition) is 1. The van der Waals surface area contributed by atoms with Gasteiger partial charge in [-0.1, -0.05) is 6.07 Å². The summed E-state index contributed by atoms with van der Waals surface area (Å²) in [5.41, 5.74) is 4.11. The first-order chi connectivity index (χ1) is 12.8. The van der Waals surface area contributed by atoms with Gasteiger partial charge in [0.15, 0.2) is 6.61 Å². The third-order valence-corrected chi connectivity index (χ3v) is 6.44. The molecule has 0 radical (unpaired) electrons. The fourth-order valence-corrected chi connectivity index (χ4v) is 5.02. The van der Waals surface area contributed by atoms with E-state index in [0.717, 1.165) is 37.9 Å². The van der Waals surface area contributed by atoms with Gasteiger partial charge in [0.2, 0.25) is 0 Å². The number of aryl methyl sites for hydroxylation is 5. The molecule has 0 aliphatic heterocycles. The Morgan fingerprint density at radius 1 is 1.12 bits per heavy atom. The Bertz CT molecular complexity index is 761. The van der Waals surface area contributed by atoms with Crippen LogP contribution in [0.4, 0.5) is 0 Å². The van der Waals surface area contributed by atoms with Crippen molar-refractivity contribution in [3.05, 3.63) is 44.9 Å². The summed E-state index contributed by atoms with van der Waals surface area (Å²) >= 11 is 1.86. The second-order valence-corrected chi connectivity index (χ2v) is 8.38. The van der Waals surface area contributed by atoms with Crippen LogP contribution < -0.4 is 10.1 Å². The minimum absolute atomic E-state index is 0.0519. The van der Waals surface area contributed by atoms with E-state index in [-0.39, 0.29) is 12.5 Å². The van der Waals surface area contributed by atoms with E-state index in [0.29, 0.717) is 6.54 Å². The zero-order valence-corrected chi connectivity index (χ0v) is 16.0. The molecular formula is C21H26N2O2S. The lowest BCUT2D eigenvalue weighted by molar-refractivity contribution is -0.123. The van der Waals surface area contributed by atoms with Crippen molar-refractivity contribution in [2.24, 2.45) is 0 Å². The van der Waals surface area contributed by atoms with Crippen LogP contribution in [0.2, 0.25) is 0 Å². The summed E-state index contributed by atoms with van der Waals surface area (Å²) in [7, 11) is 0. The molecule has 0 spiro atoms. The molecule has 0 saturated carbocycles. The van der Waals surface area contributed by atoms with Crippen molar-refractivity contribution >= 4 is 17.2 Å². The van der Waals surface area contributed by atoms with E-state index < -0.39 is 0 Å². The number of carbonyl (C=O) groups is 1. The number of benzene rings is 1. The van der Waals surface area contributed by atoms with Gasteiger partial charge in [-0.2, -0.15) is 0 Å². The first-order valence-electron chi connectivity index (χ1n) is 9.77. The van der Waals surface area contributed by atoms with Crippen molar-refractivity contribution in [3.8, 4) is 5.75 Å². The normalized spacial score (nSPS) is 15.4. The molecule has 0 unspecified atom stereocenters. The number of nitrogens with zero attached hydrogens (tertiary/aromatic N) is 1. The van der Waals surface area contributed by atoms with Crippen molar-refractivity contribution < 1.29 is 9.53 Å². The number of nitrogens with one attached hydrogen (secondary N) is 1. The molecular weight excluding hydrogens is 344 g/mol. The van der Waals surface area contributed by atoms with Crippen LogP contribution in [0.1, 0.15) is 52.4 Å². The molecule has 1 heterocycles. The number of rotatable bonds is 7. The molecule has 0 fully saturated rings. The Morgan fingerprint density at radius 3 is 2.92 bits per heavy atom. The van der Waals surface area contributed by atoms with E-state index in [1.54, 1.807) is 0 Å². The van der Waals surface area contributed by atoms with Crippen LogP contribution in [-0.2, 0) is 36.9 Å². The predicted molar refractivity (Wildman–Crippen MR) is 104 cm³/mol. The maximum absolute atomic E-state index is 12.0. The van der Waals surface area contributed by atoms with Crippen LogP contribution in [0.25, 0.3) is 0 Å². The summed E-state index contributed by atoms with van der Waals surface area (Å²) in [5.74, 6) is 0.748. The molecule has 0 bridgehead atoms. The van der Waals surface area contributed by atoms with Crippen molar-refractivity contribution in [2.45, 2.75) is 57.8 Å². The Balaban J connectivity index is 1.16. The van der Waals surface area contributed by atoms with Gasteiger partial charge in [0.25, 0.3) is 5.91 Å². The molecule has 0 atom stereocenters. The van der Waals surface area contributed by atoms with Gasteiger partial charge >= 0.3 is 0 Å². The molecule has 4 nitrogen and oxygen atoms in total. The van der Waals surface area contributed by atoms with Gasteiger partial charge in [-0.3, -0.25) is 4.79 Å². The van der Waals surface area contributed by atoms with E-state index in [4.69, 9.17) is 9.72 Å². The highest BCUT2D eigenvalue weighted by atomic mass is 32.1. The average Bonchev–Trinajstić information content (AvgIpc) is 3.29. The largest absolute Gasteiger partial charge is 0.484 e. The summed E-state index contributed by atoms with van der Waals surface area (Å²) in [4.78, 5) is 18.2. The molecule has 26 heavy (non-hydrogen) atoms. The third-order valence-electron chi connectivity index (χ3n) is 5.22. The number of hydrogen-bond acceptors (Lipinski definition) is 4. The predicted octanol–water partition coefficient (Wildman–Crippen LogP) is 3.64. The van der Waals surface area contributed by atoms with Crippen LogP contribution in [0, 0.1) is 0 Å². The number of carbonyl (C=O) groups excluding carboxylic acids is 1. The third kappa shape index (κ3) is 4.26. The highest BCUT2D eigenvalue weighted by Crippen LogP contribution is 2.27. The maximum atomic E-state index is 12.0. The van der Waals surface area contributed by atoms with Gasteiger partial charge in [-0.05, 0) is 74.6 Å². The van der Waals surface area contributed by atoms with E-state index >= 15 is 0 Å². The minimum atomic E-state index is -0.0519. The minimum Gasteiger partial charge on any atom is -0.484 e. The SMILES string of the molecule is O=C(COc1ccc2c(c1)CCC2)NCCCc1nc2c(s1)CCCC2. The number of ether oxygens (including phenoxy) is 1. The number of fused-ring (bicyclic) bond motifs is 2.